The zero-order valence-electron chi connectivity index (χ0n) is 19.6. The van der Waals surface area contributed by atoms with Crippen molar-refractivity contribution in [3.05, 3.63) is 69.4 Å². The second-order valence-electron chi connectivity index (χ2n) is 10.9. The second-order valence-corrected chi connectivity index (χ2v) is 11.3. The third-order valence-corrected chi connectivity index (χ3v) is 8.60. The van der Waals surface area contributed by atoms with E-state index in [1.807, 2.05) is 4.68 Å². The van der Waals surface area contributed by atoms with Crippen LogP contribution in [0.1, 0.15) is 50.5 Å². The van der Waals surface area contributed by atoms with Gasteiger partial charge in [-0.2, -0.15) is 10.2 Å². The molecule has 0 radical (unpaired) electrons. The van der Waals surface area contributed by atoms with Crippen molar-refractivity contribution in [1.82, 2.24) is 19.6 Å². The Kier molecular flexibility index (Phi) is 5.40. The zero-order chi connectivity index (χ0) is 25.1. The Morgan fingerprint density at radius 3 is 2.72 bits per heavy atom. The van der Waals surface area contributed by atoms with Crippen molar-refractivity contribution in [3.8, 4) is 0 Å². The highest BCUT2D eigenvalue weighted by Gasteiger charge is 2.59. The van der Waals surface area contributed by atoms with Gasteiger partial charge in [0.15, 0.2) is 5.82 Å². The van der Waals surface area contributed by atoms with E-state index in [0.29, 0.717) is 34.7 Å². The van der Waals surface area contributed by atoms with Crippen molar-refractivity contribution in [1.29, 1.82) is 0 Å². The van der Waals surface area contributed by atoms with Crippen LogP contribution in [0.3, 0.4) is 0 Å². The number of carbonyl (C=O) groups excluding carboxylic acids is 1. The van der Waals surface area contributed by atoms with E-state index in [0.717, 1.165) is 38.5 Å². The highest BCUT2D eigenvalue weighted by atomic mass is 35.5. The lowest BCUT2D eigenvalue weighted by Crippen LogP contribution is -2.57. The minimum absolute atomic E-state index is 0.00444. The molecule has 3 aromatic rings. The van der Waals surface area contributed by atoms with Crippen molar-refractivity contribution >= 4 is 29.0 Å². The van der Waals surface area contributed by atoms with Crippen LogP contribution in [0.4, 0.5) is 15.9 Å². The van der Waals surface area contributed by atoms with Crippen LogP contribution in [0.2, 0.25) is 5.02 Å². The average Bonchev–Trinajstić information content (AvgIpc) is 3.45. The largest absolute Gasteiger partial charge is 0.309 e. The predicted octanol–water partition coefficient (Wildman–Crippen LogP) is 5.15. The third kappa shape index (κ3) is 4.07. The fraction of sp³-hybridized carbons (Fsp3) is 0.480. The quantitative estimate of drug-likeness (QED) is 0.348. The Morgan fingerprint density at radius 1 is 1.25 bits per heavy atom. The van der Waals surface area contributed by atoms with Crippen LogP contribution in [0.5, 0.6) is 0 Å². The summed E-state index contributed by atoms with van der Waals surface area (Å²) in [5.41, 5.74) is -0.0696. The van der Waals surface area contributed by atoms with E-state index < -0.39 is 10.7 Å². The van der Waals surface area contributed by atoms with Gasteiger partial charge in [-0.05, 0) is 67.9 Å². The first-order chi connectivity index (χ1) is 17.2. The van der Waals surface area contributed by atoms with Crippen molar-refractivity contribution in [3.63, 3.8) is 0 Å². The smallest absolute Gasteiger partial charge is 0.307 e. The zero-order valence-corrected chi connectivity index (χ0v) is 20.3. The van der Waals surface area contributed by atoms with Gasteiger partial charge in [-0.25, -0.2) is 4.39 Å². The van der Waals surface area contributed by atoms with E-state index in [4.69, 9.17) is 11.6 Å². The number of nitrogens with one attached hydrogen (secondary N) is 1. The molecule has 0 aliphatic heterocycles. The molecule has 0 saturated heterocycles. The van der Waals surface area contributed by atoms with Crippen LogP contribution in [-0.4, -0.2) is 30.4 Å². The minimum Gasteiger partial charge on any atom is -0.309 e. The molecule has 2 atom stereocenters. The average molecular weight is 513 g/mol. The maximum atomic E-state index is 14.1. The van der Waals surface area contributed by atoms with Gasteiger partial charge in [0.25, 0.3) is 0 Å². The molecule has 9 nitrogen and oxygen atoms in total. The van der Waals surface area contributed by atoms with Crippen LogP contribution < -0.4 is 5.32 Å². The Labute approximate surface area is 211 Å². The molecule has 4 saturated carbocycles. The van der Waals surface area contributed by atoms with Gasteiger partial charge in [-0.15, -0.1) is 0 Å². The monoisotopic (exact) mass is 512 g/mol. The molecule has 2 heterocycles. The normalized spacial score (nSPS) is 28.4. The molecule has 4 bridgehead atoms. The van der Waals surface area contributed by atoms with Crippen LogP contribution >= 0.6 is 11.6 Å². The summed E-state index contributed by atoms with van der Waals surface area (Å²) in [6, 6.07) is 6.23. The van der Waals surface area contributed by atoms with E-state index in [1.165, 1.54) is 12.3 Å². The summed E-state index contributed by atoms with van der Waals surface area (Å²) < 4.78 is 17.5. The van der Waals surface area contributed by atoms with Gasteiger partial charge in [0, 0.05) is 29.3 Å². The molecule has 4 aliphatic carbocycles. The van der Waals surface area contributed by atoms with Gasteiger partial charge in [0.05, 0.1) is 17.0 Å². The Hall–Kier alpha value is -3.27. The molecule has 4 fully saturated rings. The Bertz CT molecular complexity index is 1320. The van der Waals surface area contributed by atoms with Gasteiger partial charge >= 0.3 is 5.69 Å². The summed E-state index contributed by atoms with van der Waals surface area (Å²) in [6.07, 6.45) is 10.8. The first-order valence-corrected chi connectivity index (χ1v) is 12.6. The van der Waals surface area contributed by atoms with Crippen molar-refractivity contribution in [2.24, 2.45) is 17.3 Å². The number of hydrogen-bond donors (Lipinski definition) is 1. The number of nitro groups is 1. The molecular formula is C25H26ClFN6O3. The van der Waals surface area contributed by atoms with Crippen LogP contribution in [-0.2, 0) is 16.9 Å². The second kappa shape index (κ2) is 8.40. The number of nitrogens with zero attached hydrogens (tertiary/aromatic N) is 5. The molecule has 11 heteroatoms. The predicted molar refractivity (Wildman–Crippen MR) is 130 cm³/mol. The number of anilines is 1. The van der Waals surface area contributed by atoms with Gasteiger partial charge in [0.1, 0.15) is 18.2 Å². The molecule has 1 N–H and O–H groups in total. The fourth-order valence-corrected chi connectivity index (χ4v) is 7.66. The summed E-state index contributed by atoms with van der Waals surface area (Å²) in [5, 5.41) is 23.2. The first kappa shape index (κ1) is 23.1. The highest BCUT2D eigenvalue weighted by molar-refractivity contribution is 6.31. The number of benzene rings is 1. The van der Waals surface area contributed by atoms with Crippen LogP contribution in [0.25, 0.3) is 0 Å². The topological polar surface area (TPSA) is 108 Å². The standard InChI is InChI=1S/C25H26ClFN6O3/c26-20-2-1-3-21(27)19(20)14-31-5-4-22(30-31)29-23(34)11-24-7-16-6-17(8-24)10-25(9-16,15-24)32-13-18(12-28-32)33(35)36/h1-5,12-13,16-17H,6-11,14-15H2,(H,29,30,34). The third-order valence-electron chi connectivity index (χ3n) is 8.24. The molecule has 4 aliphatic rings. The number of aromatic nitrogens is 4. The molecular weight excluding hydrogens is 487 g/mol. The summed E-state index contributed by atoms with van der Waals surface area (Å²) in [4.78, 5) is 24.0. The molecule has 2 aromatic heterocycles. The number of halogens is 2. The van der Waals surface area contributed by atoms with E-state index in [9.17, 15) is 19.3 Å². The molecule has 1 amide bonds. The Morgan fingerprint density at radius 2 is 2.03 bits per heavy atom. The lowest BCUT2D eigenvalue weighted by atomic mass is 9.46. The first-order valence-electron chi connectivity index (χ1n) is 12.2. The lowest BCUT2D eigenvalue weighted by Gasteiger charge is -2.61. The summed E-state index contributed by atoms with van der Waals surface area (Å²) in [7, 11) is 0. The van der Waals surface area contributed by atoms with Crippen molar-refractivity contribution in [2.75, 3.05) is 5.32 Å². The SMILES string of the molecule is O=C(CC12CC3CC(C1)CC(n1cc([N+](=O)[O-])cn1)(C3)C2)Nc1ccn(Cc2c(F)cccc2Cl)n1. The molecule has 1 aromatic carbocycles. The van der Waals surface area contributed by atoms with Crippen molar-refractivity contribution in [2.45, 2.75) is 57.0 Å². The van der Waals surface area contributed by atoms with E-state index >= 15 is 0 Å². The number of rotatable bonds is 7. The van der Waals surface area contributed by atoms with Crippen LogP contribution in [0.15, 0.2) is 42.9 Å². The minimum atomic E-state index is -0.410. The maximum Gasteiger partial charge on any atom is 0.307 e. The van der Waals surface area contributed by atoms with Crippen LogP contribution in [0, 0.1) is 33.2 Å². The van der Waals surface area contributed by atoms with Gasteiger partial charge < -0.3 is 5.32 Å². The van der Waals surface area contributed by atoms with E-state index in [-0.39, 0.29) is 29.1 Å². The van der Waals surface area contributed by atoms with Gasteiger partial charge in [-0.1, -0.05) is 17.7 Å². The van der Waals surface area contributed by atoms with E-state index in [1.54, 1.807) is 35.3 Å². The molecule has 7 rings (SSSR count). The number of carbonyl (C=O) groups is 1. The maximum absolute atomic E-state index is 14.1. The van der Waals surface area contributed by atoms with Gasteiger partial charge in [-0.3, -0.25) is 24.3 Å². The fourth-order valence-electron chi connectivity index (χ4n) is 7.43. The Balaban J connectivity index is 1.16. The summed E-state index contributed by atoms with van der Waals surface area (Å²) in [5.74, 6) is 0.892. The van der Waals surface area contributed by atoms with Crippen molar-refractivity contribution < 1.29 is 14.1 Å². The summed E-state index contributed by atoms with van der Waals surface area (Å²) in [6.45, 7) is 0.160. The molecule has 36 heavy (non-hydrogen) atoms. The molecule has 0 spiro atoms. The lowest BCUT2D eigenvalue weighted by molar-refractivity contribution is -0.385. The number of hydrogen-bond acceptors (Lipinski definition) is 5. The number of amides is 1. The highest BCUT2D eigenvalue weighted by Crippen LogP contribution is 2.65. The molecule has 188 valence electrons. The summed E-state index contributed by atoms with van der Waals surface area (Å²) >= 11 is 6.12. The molecule has 2 unspecified atom stereocenters. The van der Waals surface area contributed by atoms with Gasteiger partial charge in [0.2, 0.25) is 5.91 Å². The van der Waals surface area contributed by atoms with E-state index in [2.05, 4.69) is 15.5 Å².